The lowest BCUT2D eigenvalue weighted by Crippen LogP contribution is -2.15. The summed E-state index contributed by atoms with van der Waals surface area (Å²) in [6.07, 6.45) is -0.197. The highest BCUT2D eigenvalue weighted by Crippen LogP contribution is 1.93. The van der Waals surface area contributed by atoms with Crippen molar-refractivity contribution in [3.8, 4) is 0 Å². The zero-order valence-electron chi connectivity index (χ0n) is 5.98. The summed E-state index contributed by atoms with van der Waals surface area (Å²) in [6.45, 7) is 2.86. The van der Waals surface area contributed by atoms with Crippen molar-refractivity contribution in [3.05, 3.63) is 0 Å². The highest BCUT2D eigenvalue weighted by atomic mass is 35.5. The first kappa shape index (κ1) is 10.5. The third kappa shape index (κ3) is 6.62. The van der Waals surface area contributed by atoms with Crippen LogP contribution < -0.4 is 0 Å². The molecule has 0 amide bonds. The molecule has 0 aliphatic heterocycles. The summed E-state index contributed by atoms with van der Waals surface area (Å²) in [6, 6.07) is 0. The molecule has 0 saturated carbocycles. The summed E-state index contributed by atoms with van der Waals surface area (Å²) < 4.78 is 10.2. The second-order valence-electron chi connectivity index (χ2n) is 1.69. The van der Waals surface area contributed by atoms with Gasteiger partial charge in [0.2, 0.25) is 0 Å². The summed E-state index contributed by atoms with van der Waals surface area (Å²) in [4.78, 5) is 0. The molecule has 0 radical (unpaired) electrons. The molecule has 0 fully saturated rings. The average Bonchev–Trinajstić information content (AvgIpc) is 1.97. The van der Waals surface area contributed by atoms with Crippen LogP contribution in [0.4, 0.5) is 0 Å². The van der Waals surface area contributed by atoms with Crippen molar-refractivity contribution < 1.29 is 9.47 Å². The van der Waals surface area contributed by atoms with E-state index in [9.17, 15) is 0 Å². The molecule has 0 aliphatic carbocycles. The standard InChI is InChI=1S/C6H12Cl2O2/c1-6(9-4-2-7)10-5-3-8/h6H,2-5H2,1H3. The van der Waals surface area contributed by atoms with E-state index < -0.39 is 0 Å². The topological polar surface area (TPSA) is 18.5 Å². The fraction of sp³-hybridized carbons (Fsp3) is 1.00. The number of rotatable bonds is 6. The van der Waals surface area contributed by atoms with Crippen LogP contribution in [0.25, 0.3) is 0 Å². The second-order valence-corrected chi connectivity index (χ2v) is 2.44. The van der Waals surface area contributed by atoms with E-state index in [1.807, 2.05) is 6.92 Å². The van der Waals surface area contributed by atoms with Crippen LogP contribution in [-0.2, 0) is 9.47 Å². The maximum absolute atomic E-state index is 5.37. The van der Waals surface area contributed by atoms with Gasteiger partial charge in [0, 0.05) is 11.8 Å². The minimum atomic E-state index is -0.197. The van der Waals surface area contributed by atoms with Crippen molar-refractivity contribution in [2.45, 2.75) is 13.2 Å². The van der Waals surface area contributed by atoms with E-state index >= 15 is 0 Å². The summed E-state index contributed by atoms with van der Waals surface area (Å²) in [7, 11) is 0. The Morgan fingerprint density at radius 2 is 1.50 bits per heavy atom. The lowest BCUT2D eigenvalue weighted by molar-refractivity contribution is -0.122. The molecule has 0 aliphatic rings. The molecule has 4 heteroatoms. The summed E-state index contributed by atoms with van der Waals surface area (Å²) in [5, 5.41) is 0. The van der Waals surface area contributed by atoms with E-state index in [0.717, 1.165) is 0 Å². The fourth-order valence-corrected chi connectivity index (χ4v) is 0.647. The SMILES string of the molecule is CC(OCCCl)OCCCl. The highest BCUT2D eigenvalue weighted by Gasteiger charge is 1.98. The van der Waals surface area contributed by atoms with Crippen LogP contribution >= 0.6 is 23.2 Å². The van der Waals surface area contributed by atoms with Crippen LogP contribution in [0.3, 0.4) is 0 Å². The molecule has 10 heavy (non-hydrogen) atoms. The zero-order valence-corrected chi connectivity index (χ0v) is 7.49. The van der Waals surface area contributed by atoms with Gasteiger partial charge in [0.05, 0.1) is 13.2 Å². The lowest BCUT2D eigenvalue weighted by atomic mass is 10.7. The normalized spacial score (nSPS) is 10.8. The van der Waals surface area contributed by atoms with Gasteiger partial charge in [-0.2, -0.15) is 0 Å². The maximum Gasteiger partial charge on any atom is 0.154 e. The Balaban J connectivity index is 3.00. The Morgan fingerprint density at radius 1 is 1.10 bits per heavy atom. The smallest absolute Gasteiger partial charge is 0.154 e. The third-order valence-corrected chi connectivity index (χ3v) is 1.17. The quantitative estimate of drug-likeness (QED) is 0.466. The molecule has 0 N–H and O–H groups in total. The van der Waals surface area contributed by atoms with Crippen LogP contribution in [0, 0.1) is 0 Å². The van der Waals surface area contributed by atoms with Crippen LogP contribution in [-0.4, -0.2) is 31.3 Å². The molecule has 0 bridgehead atoms. The third-order valence-electron chi connectivity index (χ3n) is 0.859. The number of alkyl halides is 2. The molecule has 0 spiro atoms. The van der Waals surface area contributed by atoms with Crippen molar-refractivity contribution in [3.63, 3.8) is 0 Å². The van der Waals surface area contributed by atoms with Gasteiger partial charge in [-0.05, 0) is 6.92 Å². The number of ether oxygens (including phenoxy) is 2. The molecular weight excluding hydrogens is 175 g/mol. The highest BCUT2D eigenvalue weighted by molar-refractivity contribution is 6.18. The van der Waals surface area contributed by atoms with Gasteiger partial charge in [-0.15, -0.1) is 23.2 Å². The van der Waals surface area contributed by atoms with Gasteiger partial charge in [-0.25, -0.2) is 0 Å². The van der Waals surface area contributed by atoms with Crippen molar-refractivity contribution in [1.82, 2.24) is 0 Å². The van der Waals surface area contributed by atoms with Gasteiger partial charge in [-0.3, -0.25) is 0 Å². The van der Waals surface area contributed by atoms with Crippen molar-refractivity contribution in [2.75, 3.05) is 25.0 Å². The van der Waals surface area contributed by atoms with E-state index in [2.05, 4.69) is 0 Å². The molecule has 0 aromatic heterocycles. The molecule has 0 unspecified atom stereocenters. The zero-order chi connectivity index (χ0) is 7.82. The molecule has 2 nitrogen and oxygen atoms in total. The van der Waals surface area contributed by atoms with E-state index in [0.29, 0.717) is 25.0 Å². The Kier molecular flexibility index (Phi) is 7.99. The Morgan fingerprint density at radius 3 is 1.80 bits per heavy atom. The minimum absolute atomic E-state index is 0.197. The van der Waals surface area contributed by atoms with Crippen molar-refractivity contribution >= 4 is 23.2 Å². The molecule has 0 saturated heterocycles. The summed E-state index contributed by atoms with van der Waals surface area (Å²) in [5.74, 6) is 0.989. The van der Waals surface area contributed by atoms with Crippen molar-refractivity contribution in [2.24, 2.45) is 0 Å². The van der Waals surface area contributed by atoms with Crippen molar-refractivity contribution in [1.29, 1.82) is 0 Å². The van der Waals surface area contributed by atoms with Gasteiger partial charge in [-0.1, -0.05) is 0 Å². The van der Waals surface area contributed by atoms with Crippen LogP contribution in [0.15, 0.2) is 0 Å². The lowest BCUT2D eigenvalue weighted by Gasteiger charge is -2.11. The Labute approximate surface area is 71.4 Å². The molecule has 0 rings (SSSR count). The average molecular weight is 187 g/mol. The van der Waals surface area contributed by atoms with Gasteiger partial charge in [0.15, 0.2) is 6.29 Å². The fourth-order valence-electron chi connectivity index (χ4n) is 0.469. The van der Waals surface area contributed by atoms with E-state index in [1.54, 1.807) is 0 Å². The molecule has 62 valence electrons. The van der Waals surface area contributed by atoms with Gasteiger partial charge >= 0.3 is 0 Å². The van der Waals surface area contributed by atoms with Gasteiger partial charge in [0.1, 0.15) is 0 Å². The van der Waals surface area contributed by atoms with E-state index in [1.165, 1.54) is 0 Å². The first-order chi connectivity index (χ1) is 4.81. The van der Waals surface area contributed by atoms with Crippen LogP contribution in [0.1, 0.15) is 6.92 Å². The van der Waals surface area contributed by atoms with Crippen LogP contribution in [0.2, 0.25) is 0 Å². The molecule has 0 heterocycles. The van der Waals surface area contributed by atoms with E-state index in [-0.39, 0.29) is 6.29 Å². The minimum Gasteiger partial charge on any atom is -0.352 e. The van der Waals surface area contributed by atoms with Crippen LogP contribution in [0.5, 0.6) is 0 Å². The van der Waals surface area contributed by atoms with E-state index in [4.69, 9.17) is 32.7 Å². The first-order valence-electron chi connectivity index (χ1n) is 3.16. The largest absolute Gasteiger partial charge is 0.352 e. The Hall–Kier alpha value is 0.500. The predicted molar refractivity (Wildman–Crippen MR) is 42.8 cm³/mol. The number of halogens is 2. The molecular formula is C6H12Cl2O2. The maximum atomic E-state index is 5.37. The second kappa shape index (κ2) is 7.61. The van der Waals surface area contributed by atoms with Gasteiger partial charge < -0.3 is 9.47 Å². The first-order valence-corrected chi connectivity index (χ1v) is 4.23. The number of hydrogen-bond donors (Lipinski definition) is 0. The van der Waals surface area contributed by atoms with Gasteiger partial charge in [0.25, 0.3) is 0 Å². The number of hydrogen-bond acceptors (Lipinski definition) is 2. The summed E-state index contributed by atoms with van der Waals surface area (Å²) in [5.41, 5.74) is 0. The molecule has 0 aromatic rings. The molecule has 0 atom stereocenters. The monoisotopic (exact) mass is 186 g/mol. The predicted octanol–water partition coefficient (Wildman–Crippen LogP) is 1.84. The molecule has 0 aromatic carbocycles. The Bertz CT molecular complexity index is 62.8. The summed E-state index contributed by atoms with van der Waals surface area (Å²) >= 11 is 10.7.